The lowest BCUT2D eigenvalue weighted by Crippen LogP contribution is -2.55. The second kappa shape index (κ2) is 8.29. The summed E-state index contributed by atoms with van der Waals surface area (Å²) in [6.45, 7) is 16.8. The monoisotopic (exact) mass is 427 g/mol. The number of alkyl halides is 1. The molecule has 1 aliphatic heterocycles. The van der Waals surface area contributed by atoms with Gasteiger partial charge in [0.15, 0.2) is 0 Å². The van der Waals surface area contributed by atoms with Crippen LogP contribution >= 0.6 is 11.6 Å². The molecule has 2 atom stereocenters. The lowest BCUT2D eigenvalue weighted by atomic mass is 9.65. The highest BCUT2D eigenvalue weighted by Gasteiger charge is 2.40. The molecule has 164 valence electrons. The number of halogens is 2. The van der Waals surface area contributed by atoms with Crippen molar-refractivity contribution in [3.05, 3.63) is 22.8 Å². The highest BCUT2D eigenvalue weighted by atomic mass is 35.5. The van der Waals surface area contributed by atoms with E-state index in [9.17, 15) is 9.18 Å². The van der Waals surface area contributed by atoms with E-state index in [0.717, 1.165) is 5.56 Å². The first-order valence-electron chi connectivity index (χ1n) is 10.2. The van der Waals surface area contributed by atoms with Gasteiger partial charge in [-0.15, -0.1) is 0 Å². The number of carbonyl (C=O) groups is 1. The normalized spacial score (nSPS) is 20.4. The second-order valence-electron chi connectivity index (χ2n) is 10.2. The van der Waals surface area contributed by atoms with Gasteiger partial charge >= 0.3 is 6.09 Å². The van der Waals surface area contributed by atoms with Crippen molar-refractivity contribution in [2.75, 3.05) is 31.2 Å². The third kappa shape index (κ3) is 5.33. The summed E-state index contributed by atoms with van der Waals surface area (Å²) in [5, 5.41) is 0.351. The van der Waals surface area contributed by atoms with E-state index in [-0.39, 0.29) is 17.6 Å². The molecule has 1 aromatic rings. The van der Waals surface area contributed by atoms with Crippen LogP contribution in [0.25, 0.3) is 0 Å². The van der Waals surface area contributed by atoms with Crippen LogP contribution in [0.3, 0.4) is 0 Å². The second-order valence-corrected chi connectivity index (χ2v) is 10.6. The summed E-state index contributed by atoms with van der Waals surface area (Å²) in [7, 11) is 0. The van der Waals surface area contributed by atoms with E-state index < -0.39 is 17.7 Å². The Morgan fingerprint density at radius 1 is 1.21 bits per heavy atom. The molecule has 2 rings (SSSR count). The standard InChI is InChI=1S/C22H35ClFN3O2/c1-15-13-26(9-10-27(15)19(28)29-21(5,6)7)18-12-16(11-17(23)25-18)22(8,14-24)20(2,3)4/h11-12,15H,9-10,13-14H2,1-8H3. The number of carbonyl (C=O) groups excluding carboxylic acids is 1. The summed E-state index contributed by atoms with van der Waals surface area (Å²) in [4.78, 5) is 20.8. The van der Waals surface area contributed by atoms with Gasteiger partial charge in [-0.1, -0.05) is 39.3 Å². The van der Waals surface area contributed by atoms with Crippen LogP contribution in [0.4, 0.5) is 15.0 Å². The molecular formula is C22H35ClFN3O2. The van der Waals surface area contributed by atoms with Crippen LogP contribution in [0.2, 0.25) is 5.15 Å². The van der Waals surface area contributed by atoms with E-state index >= 15 is 0 Å². The molecule has 0 aliphatic carbocycles. The maximum atomic E-state index is 14.1. The first-order chi connectivity index (χ1) is 13.2. The van der Waals surface area contributed by atoms with E-state index in [1.165, 1.54) is 0 Å². The van der Waals surface area contributed by atoms with Crippen LogP contribution in [0.5, 0.6) is 0 Å². The van der Waals surface area contributed by atoms with Gasteiger partial charge in [0.1, 0.15) is 16.6 Å². The Kier molecular flexibility index (Phi) is 6.78. The van der Waals surface area contributed by atoms with E-state index in [0.29, 0.717) is 30.6 Å². The summed E-state index contributed by atoms with van der Waals surface area (Å²) in [6.07, 6.45) is -0.304. The molecule has 0 bridgehead atoms. The molecule has 7 heteroatoms. The average molecular weight is 428 g/mol. The smallest absolute Gasteiger partial charge is 0.410 e. The summed E-state index contributed by atoms with van der Waals surface area (Å²) in [5.74, 6) is 0.715. The van der Waals surface area contributed by atoms with Gasteiger partial charge in [-0.05, 0) is 50.8 Å². The van der Waals surface area contributed by atoms with Crippen LogP contribution in [0.15, 0.2) is 12.1 Å². The number of nitrogens with zero attached hydrogens (tertiary/aromatic N) is 3. The van der Waals surface area contributed by atoms with Crippen molar-refractivity contribution >= 4 is 23.5 Å². The SMILES string of the molecule is CC1CN(c2cc(C(C)(CF)C(C)(C)C)cc(Cl)n2)CCN1C(=O)OC(C)(C)C. The van der Waals surface area contributed by atoms with E-state index in [2.05, 4.69) is 9.88 Å². The van der Waals surface area contributed by atoms with Gasteiger partial charge in [-0.25, -0.2) is 9.78 Å². The van der Waals surface area contributed by atoms with Crippen molar-refractivity contribution in [3.63, 3.8) is 0 Å². The first-order valence-corrected chi connectivity index (χ1v) is 10.5. The molecule has 0 aromatic carbocycles. The van der Waals surface area contributed by atoms with Gasteiger partial charge in [0.2, 0.25) is 0 Å². The molecule has 2 unspecified atom stereocenters. The Hall–Kier alpha value is -1.56. The fourth-order valence-corrected chi connectivity index (χ4v) is 3.64. The average Bonchev–Trinajstić information content (AvgIpc) is 2.57. The third-order valence-corrected chi connectivity index (χ3v) is 6.11. The number of hydrogen-bond acceptors (Lipinski definition) is 4. The molecule has 1 aliphatic rings. The fourth-order valence-electron chi connectivity index (χ4n) is 3.43. The number of amides is 1. The van der Waals surface area contributed by atoms with E-state index in [1.807, 2.05) is 61.5 Å². The van der Waals surface area contributed by atoms with Crippen LogP contribution in [0, 0.1) is 5.41 Å². The quantitative estimate of drug-likeness (QED) is 0.601. The molecule has 1 fully saturated rings. The number of ether oxygens (including phenoxy) is 1. The Labute approximate surface area is 179 Å². The van der Waals surface area contributed by atoms with Crippen LogP contribution in [-0.2, 0) is 10.2 Å². The minimum Gasteiger partial charge on any atom is -0.444 e. The van der Waals surface area contributed by atoms with Gasteiger partial charge in [0.25, 0.3) is 0 Å². The molecule has 5 nitrogen and oxygen atoms in total. The summed E-state index contributed by atoms with van der Waals surface area (Å²) >= 11 is 6.33. The first kappa shape index (κ1) is 23.7. The van der Waals surface area contributed by atoms with Crippen molar-refractivity contribution in [2.45, 2.75) is 72.4 Å². The Morgan fingerprint density at radius 3 is 2.31 bits per heavy atom. The number of aromatic nitrogens is 1. The molecule has 0 N–H and O–H groups in total. The van der Waals surface area contributed by atoms with Crippen molar-refractivity contribution in [2.24, 2.45) is 5.41 Å². The molecule has 1 amide bonds. The minimum atomic E-state index is -0.682. The summed E-state index contributed by atoms with van der Waals surface area (Å²) < 4.78 is 19.6. The zero-order chi connectivity index (χ0) is 22.2. The largest absolute Gasteiger partial charge is 0.444 e. The summed E-state index contributed by atoms with van der Waals surface area (Å²) in [6, 6.07) is 3.65. The zero-order valence-electron chi connectivity index (χ0n) is 19.0. The molecule has 1 aromatic heterocycles. The number of anilines is 1. The van der Waals surface area contributed by atoms with Crippen molar-refractivity contribution in [1.29, 1.82) is 0 Å². The molecule has 0 spiro atoms. The molecule has 29 heavy (non-hydrogen) atoms. The van der Waals surface area contributed by atoms with Gasteiger partial charge in [0.05, 0.1) is 6.67 Å². The predicted octanol–water partition coefficient (Wildman–Crippen LogP) is 5.45. The number of rotatable bonds is 3. The molecule has 2 heterocycles. The van der Waals surface area contributed by atoms with Crippen LogP contribution in [0.1, 0.15) is 61.0 Å². The third-order valence-electron chi connectivity index (χ3n) is 5.92. The topological polar surface area (TPSA) is 45.7 Å². The van der Waals surface area contributed by atoms with Gasteiger partial charge in [0, 0.05) is 31.1 Å². The van der Waals surface area contributed by atoms with Crippen LogP contribution in [-0.4, -0.2) is 53.9 Å². The molecule has 0 saturated carbocycles. The lowest BCUT2D eigenvalue weighted by molar-refractivity contribution is 0.0158. The minimum absolute atomic E-state index is 0.0435. The predicted molar refractivity (Wildman–Crippen MR) is 117 cm³/mol. The van der Waals surface area contributed by atoms with Crippen LogP contribution < -0.4 is 4.90 Å². The maximum absolute atomic E-state index is 14.1. The number of pyridine rings is 1. The zero-order valence-corrected chi connectivity index (χ0v) is 19.7. The number of piperazine rings is 1. The number of hydrogen-bond donors (Lipinski definition) is 0. The summed E-state index contributed by atoms with van der Waals surface area (Å²) in [5.41, 5.74) is -0.657. The van der Waals surface area contributed by atoms with E-state index in [1.54, 1.807) is 11.0 Å². The molecule has 0 radical (unpaired) electrons. The van der Waals surface area contributed by atoms with Crippen molar-refractivity contribution < 1.29 is 13.9 Å². The van der Waals surface area contributed by atoms with Gasteiger partial charge in [-0.3, -0.25) is 4.39 Å². The van der Waals surface area contributed by atoms with E-state index in [4.69, 9.17) is 16.3 Å². The maximum Gasteiger partial charge on any atom is 0.410 e. The Morgan fingerprint density at radius 2 is 1.83 bits per heavy atom. The Bertz CT molecular complexity index is 745. The highest BCUT2D eigenvalue weighted by molar-refractivity contribution is 6.29. The van der Waals surface area contributed by atoms with Crippen molar-refractivity contribution in [3.8, 4) is 0 Å². The van der Waals surface area contributed by atoms with Gasteiger partial charge in [-0.2, -0.15) is 0 Å². The Balaban J connectivity index is 2.25. The highest BCUT2D eigenvalue weighted by Crippen LogP contribution is 2.43. The molecular weight excluding hydrogens is 393 g/mol. The molecule has 1 saturated heterocycles. The fraction of sp³-hybridized carbons (Fsp3) is 0.727. The van der Waals surface area contributed by atoms with Crippen molar-refractivity contribution in [1.82, 2.24) is 9.88 Å². The lowest BCUT2D eigenvalue weighted by Gasteiger charge is -2.42. The van der Waals surface area contributed by atoms with Gasteiger partial charge < -0.3 is 14.5 Å².